The number of rotatable bonds is 2. The molecule has 22 heavy (non-hydrogen) atoms. The van der Waals surface area contributed by atoms with Crippen molar-refractivity contribution >= 4 is 22.9 Å². The number of benzene rings is 1. The molecule has 0 fully saturated rings. The number of carbonyl (C=O) groups is 1. The van der Waals surface area contributed by atoms with Gasteiger partial charge in [0, 0.05) is 24.9 Å². The summed E-state index contributed by atoms with van der Waals surface area (Å²) in [6.07, 6.45) is 3.01. The summed E-state index contributed by atoms with van der Waals surface area (Å²) in [5.74, 6) is -0.137. The van der Waals surface area contributed by atoms with Crippen molar-refractivity contribution in [1.29, 1.82) is 0 Å². The van der Waals surface area contributed by atoms with E-state index in [1.807, 2.05) is 37.2 Å². The summed E-state index contributed by atoms with van der Waals surface area (Å²) >= 11 is 1.66. The zero-order valence-corrected chi connectivity index (χ0v) is 13.8. The maximum atomic E-state index is 12.2. The van der Waals surface area contributed by atoms with Crippen LogP contribution in [0, 0.1) is 5.92 Å². The van der Waals surface area contributed by atoms with Crippen LogP contribution in [0.4, 0.5) is 0 Å². The Bertz CT molecular complexity index is 625. The van der Waals surface area contributed by atoms with Crippen molar-refractivity contribution in [3.05, 3.63) is 46.9 Å². The van der Waals surface area contributed by atoms with Crippen molar-refractivity contribution in [3.8, 4) is 0 Å². The molecule has 3 atom stereocenters. The second-order valence-electron chi connectivity index (χ2n) is 5.80. The molecule has 4 nitrogen and oxygen atoms in total. The molecule has 0 saturated carbocycles. The van der Waals surface area contributed by atoms with E-state index in [1.165, 1.54) is 17.6 Å². The first kappa shape index (κ1) is 15.2. The van der Waals surface area contributed by atoms with Crippen molar-refractivity contribution in [2.45, 2.75) is 18.4 Å². The van der Waals surface area contributed by atoms with Crippen LogP contribution in [0.1, 0.15) is 17.9 Å². The van der Waals surface area contributed by atoms with Gasteiger partial charge < -0.3 is 9.64 Å². The third-order valence-electron chi connectivity index (χ3n) is 4.12. The number of esters is 1. The van der Waals surface area contributed by atoms with Gasteiger partial charge in [0.15, 0.2) is 5.17 Å². The maximum absolute atomic E-state index is 12.2. The summed E-state index contributed by atoms with van der Waals surface area (Å²) in [6.45, 7) is 0. The van der Waals surface area contributed by atoms with Crippen molar-refractivity contribution in [2.75, 3.05) is 21.2 Å². The summed E-state index contributed by atoms with van der Waals surface area (Å²) in [4.78, 5) is 20.1. The molecule has 0 aromatic heterocycles. The predicted molar refractivity (Wildman–Crippen MR) is 89.9 cm³/mol. The molecule has 1 aromatic rings. The summed E-state index contributed by atoms with van der Waals surface area (Å²) in [6, 6.07) is 10.2. The number of hydrogen-bond acceptors (Lipinski definition) is 5. The Kier molecular flexibility index (Phi) is 4.25. The van der Waals surface area contributed by atoms with E-state index in [4.69, 9.17) is 9.73 Å². The first-order chi connectivity index (χ1) is 10.6. The standard InChI is InChI=1S/C17H20N2O2S/c1-19(2)17-18-15-13(16(20)21-3)9-12(10-14(15)22-17)11-7-5-4-6-8-11/h4-8,10,12-13,15H,9H2,1-3H3/t12-,13+,15+/m1/s1. The number of aliphatic imine (C=N–C) groups is 1. The fourth-order valence-electron chi connectivity index (χ4n) is 2.98. The van der Waals surface area contributed by atoms with Crippen molar-refractivity contribution < 1.29 is 9.53 Å². The number of amidine groups is 1. The molecule has 0 radical (unpaired) electrons. The number of nitrogens with zero attached hydrogens (tertiary/aromatic N) is 2. The van der Waals surface area contributed by atoms with Gasteiger partial charge in [0.2, 0.25) is 0 Å². The van der Waals surface area contributed by atoms with Crippen molar-refractivity contribution in [2.24, 2.45) is 10.9 Å². The topological polar surface area (TPSA) is 41.9 Å². The quantitative estimate of drug-likeness (QED) is 0.787. The molecule has 0 N–H and O–H groups in total. The Morgan fingerprint density at radius 3 is 2.68 bits per heavy atom. The highest BCUT2D eigenvalue weighted by molar-refractivity contribution is 8.17. The minimum atomic E-state index is -0.208. The lowest BCUT2D eigenvalue weighted by Crippen LogP contribution is -2.32. The van der Waals surface area contributed by atoms with E-state index in [9.17, 15) is 4.79 Å². The van der Waals surface area contributed by atoms with Gasteiger partial charge in [0.25, 0.3) is 0 Å². The molecule has 0 bridgehead atoms. The van der Waals surface area contributed by atoms with Crippen LogP contribution >= 0.6 is 11.8 Å². The highest BCUT2D eigenvalue weighted by atomic mass is 32.2. The number of hydrogen-bond donors (Lipinski definition) is 0. The molecule has 1 heterocycles. The largest absolute Gasteiger partial charge is 0.469 e. The van der Waals surface area contributed by atoms with Crippen LogP contribution in [-0.2, 0) is 9.53 Å². The second-order valence-corrected chi connectivity index (χ2v) is 6.85. The molecule has 0 amide bonds. The summed E-state index contributed by atoms with van der Waals surface area (Å²) in [5, 5.41) is 0.957. The predicted octanol–water partition coefficient (Wildman–Crippen LogP) is 2.88. The molecule has 1 aromatic carbocycles. The lowest BCUT2D eigenvalue weighted by atomic mass is 9.80. The van der Waals surface area contributed by atoms with Gasteiger partial charge in [-0.15, -0.1) is 0 Å². The molecular weight excluding hydrogens is 296 g/mol. The number of ether oxygens (including phenoxy) is 1. The molecule has 2 aliphatic rings. The van der Waals surface area contributed by atoms with E-state index in [2.05, 4.69) is 18.2 Å². The molecule has 1 aliphatic carbocycles. The maximum Gasteiger partial charge on any atom is 0.311 e. The van der Waals surface area contributed by atoms with Crippen LogP contribution in [0.2, 0.25) is 0 Å². The third kappa shape index (κ3) is 2.77. The van der Waals surface area contributed by atoms with Gasteiger partial charge in [-0.05, 0) is 12.0 Å². The minimum Gasteiger partial charge on any atom is -0.469 e. The highest BCUT2D eigenvalue weighted by Gasteiger charge is 2.41. The molecule has 1 aliphatic heterocycles. The van der Waals surface area contributed by atoms with Crippen LogP contribution in [0.5, 0.6) is 0 Å². The molecular formula is C17H20N2O2S. The fraction of sp³-hybridized carbons (Fsp3) is 0.412. The van der Waals surface area contributed by atoms with Gasteiger partial charge in [-0.3, -0.25) is 9.79 Å². The van der Waals surface area contributed by atoms with Crippen molar-refractivity contribution in [3.63, 3.8) is 0 Å². The summed E-state index contributed by atoms with van der Waals surface area (Å²) in [5.41, 5.74) is 1.24. The van der Waals surface area contributed by atoms with E-state index in [0.29, 0.717) is 0 Å². The fourth-order valence-corrected chi connectivity index (χ4v) is 4.11. The zero-order chi connectivity index (χ0) is 15.7. The Labute approximate surface area is 135 Å². The third-order valence-corrected chi connectivity index (χ3v) is 5.39. The average Bonchev–Trinajstić information content (AvgIpc) is 2.98. The van der Waals surface area contributed by atoms with Gasteiger partial charge >= 0.3 is 5.97 Å². The number of allylic oxidation sites excluding steroid dienone is 1. The van der Waals surface area contributed by atoms with Gasteiger partial charge in [-0.1, -0.05) is 48.2 Å². The van der Waals surface area contributed by atoms with E-state index < -0.39 is 0 Å². The monoisotopic (exact) mass is 316 g/mol. The molecule has 0 saturated heterocycles. The van der Waals surface area contributed by atoms with Gasteiger partial charge in [-0.25, -0.2) is 0 Å². The van der Waals surface area contributed by atoms with Crippen molar-refractivity contribution in [1.82, 2.24) is 4.90 Å². The smallest absolute Gasteiger partial charge is 0.311 e. The van der Waals surface area contributed by atoms with Crippen LogP contribution in [-0.4, -0.2) is 43.3 Å². The lowest BCUT2D eigenvalue weighted by Gasteiger charge is -2.29. The summed E-state index contributed by atoms with van der Waals surface area (Å²) in [7, 11) is 5.41. The Hall–Kier alpha value is -1.75. The number of carbonyl (C=O) groups excluding carboxylic acids is 1. The average molecular weight is 316 g/mol. The van der Waals surface area contributed by atoms with Gasteiger partial charge in [-0.2, -0.15) is 0 Å². The lowest BCUT2D eigenvalue weighted by molar-refractivity contribution is -0.146. The normalized spacial score (nSPS) is 26.8. The Morgan fingerprint density at radius 2 is 2.05 bits per heavy atom. The van der Waals surface area contributed by atoms with Crippen LogP contribution < -0.4 is 0 Å². The van der Waals surface area contributed by atoms with Gasteiger partial charge in [0.05, 0.1) is 19.1 Å². The summed E-state index contributed by atoms with van der Waals surface area (Å²) < 4.78 is 5.02. The van der Waals surface area contributed by atoms with E-state index in [-0.39, 0.29) is 23.8 Å². The molecule has 116 valence electrons. The van der Waals surface area contributed by atoms with E-state index >= 15 is 0 Å². The van der Waals surface area contributed by atoms with Gasteiger partial charge in [0.1, 0.15) is 0 Å². The number of methoxy groups -OCH3 is 1. The minimum absolute atomic E-state index is 0.0881. The van der Waals surface area contributed by atoms with Crippen LogP contribution in [0.15, 0.2) is 46.3 Å². The second kappa shape index (κ2) is 6.16. The zero-order valence-electron chi connectivity index (χ0n) is 13.0. The molecule has 5 heteroatoms. The molecule has 3 rings (SSSR count). The first-order valence-corrected chi connectivity index (χ1v) is 8.19. The highest BCUT2D eigenvalue weighted by Crippen LogP contribution is 2.45. The van der Waals surface area contributed by atoms with E-state index in [0.717, 1.165) is 11.6 Å². The first-order valence-electron chi connectivity index (χ1n) is 7.37. The molecule has 0 spiro atoms. The van der Waals surface area contributed by atoms with E-state index in [1.54, 1.807) is 11.8 Å². The molecule has 0 unspecified atom stereocenters. The Balaban J connectivity index is 1.95. The number of fused-ring (bicyclic) bond motifs is 1. The number of thioether (sulfide) groups is 1. The van der Waals surface area contributed by atoms with Crippen LogP contribution in [0.25, 0.3) is 0 Å². The Morgan fingerprint density at radius 1 is 1.32 bits per heavy atom. The SMILES string of the molecule is COC(=O)[C@H]1C[C@@H](c2ccccc2)C=C2SC(N(C)C)=N[C@H]21. The van der Waals surface area contributed by atoms with Crippen LogP contribution in [0.3, 0.4) is 0 Å².